The minimum Gasteiger partial charge on any atom is -0.465 e. The molecule has 0 aliphatic carbocycles. The lowest BCUT2D eigenvalue weighted by Crippen LogP contribution is -2.17. The SMILES string of the molecule is COC(=O)c1cccnc1NS(=O)(=O)c1ccc(C)cc1. The van der Waals surface area contributed by atoms with Gasteiger partial charge in [-0.3, -0.25) is 4.72 Å². The predicted octanol–water partition coefficient (Wildman–Crippen LogP) is 1.98. The average Bonchev–Trinajstić information content (AvgIpc) is 2.47. The number of carbonyl (C=O) groups is 1. The van der Waals surface area contributed by atoms with Gasteiger partial charge in [-0.15, -0.1) is 0 Å². The minimum atomic E-state index is -3.81. The molecule has 0 radical (unpaired) electrons. The third kappa shape index (κ3) is 3.38. The number of sulfonamides is 1. The lowest BCUT2D eigenvalue weighted by atomic mass is 10.2. The monoisotopic (exact) mass is 306 g/mol. The molecule has 0 aliphatic rings. The van der Waals surface area contributed by atoms with E-state index in [1.165, 1.54) is 37.6 Å². The number of aromatic nitrogens is 1. The van der Waals surface area contributed by atoms with Crippen molar-refractivity contribution in [3.63, 3.8) is 0 Å². The van der Waals surface area contributed by atoms with Crippen LogP contribution in [-0.2, 0) is 14.8 Å². The van der Waals surface area contributed by atoms with Crippen LogP contribution in [0.3, 0.4) is 0 Å². The third-order valence-corrected chi connectivity index (χ3v) is 4.13. The minimum absolute atomic E-state index is 0.0516. The molecule has 2 aromatic rings. The van der Waals surface area contributed by atoms with Crippen molar-refractivity contribution in [1.82, 2.24) is 4.98 Å². The number of pyridine rings is 1. The van der Waals surface area contributed by atoms with E-state index < -0.39 is 16.0 Å². The molecule has 0 saturated heterocycles. The Balaban J connectivity index is 2.37. The maximum atomic E-state index is 12.3. The van der Waals surface area contributed by atoms with Crippen LogP contribution in [0.15, 0.2) is 47.5 Å². The maximum Gasteiger partial charge on any atom is 0.341 e. The number of hydrogen-bond donors (Lipinski definition) is 1. The molecule has 1 heterocycles. The number of benzene rings is 1. The van der Waals surface area contributed by atoms with Crippen molar-refractivity contribution in [2.75, 3.05) is 11.8 Å². The van der Waals surface area contributed by atoms with Crippen LogP contribution in [0, 0.1) is 6.92 Å². The lowest BCUT2D eigenvalue weighted by molar-refractivity contribution is 0.0601. The smallest absolute Gasteiger partial charge is 0.341 e. The fourth-order valence-electron chi connectivity index (χ4n) is 1.66. The summed E-state index contributed by atoms with van der Waals surface area (Å²) in [5.41, 5.74) is 0.998. The van der Waals surface area contributed by atoms with Crippen molar-refractivity contribution >= 4 is 21.8 Å². The van der Waals surface area contributed by atoms with Crippen LogP contribution in [0.25, 0.3) is 0 Å². The summed E-state index contributed by atoms with van der Waals surface area (Å²) in [6.45, 7) is 1.86. The maximum absolute atomic E-state index is 12.3. The van der Waals surface area contributed by atoms with E-state index in [2.05, 4.69) is 14.4 Å². The fraction of sp³-hybridized carbons (Fsp3) is 0.143. The van der Waals surface area contributed by atoms with E-state index in [0.717, 1.165) is 5.56 Å². The number of nitrogens with one attached hydrogen (secondary N) is 1. The molecule has 0 aliphatic heterocycles. The zero-order valence-electron chi connectivity index (χ0n) is 11.5. The van der Waals surface area contributed by atoms with Crippen LogP contribution < -0.4 is 4.72 Å². The Hall–Kier alpha value is -2.41. The number of aryl methyl sites for hydroxylation is 1. The predicted molar refractivity (Wildman–Crippen MR) is 77.6 cm³/mol. The number of anilines is 1. The molecule has 21 heavy (non-hydrogen) atoms. The highest BCUT2D eigenvalue weighted by molar-refractivity contribution is 7.92. The van der Waals surface area contributed by atoms with E-state index >= 15 is 0 Å². The zero-order chi connectivity index (χ0) is 15.5. The Morgan fingerprint density at radius 3 is 2.48 bits per heavy atom. The Morgan fingerprint density at radius 2 is 1.86 bits per heavy atom. The molecular formula is C14H14N2O4S. The summed E-state index contributed by atoms with van der Waals surface area (Å²) in [6, 6.07) is 9.31. The number of hydrogen-bond acceptors (Lipinski definition) is 5. The summed E-state index contributed by atoms with van der Waals surface area (Å²) in [5, 5.41) is 0. The van der Waals surface area contributed by atoms with Gasteiger partial charge in [0.2, 0.25) is 0 Å². The number of rotatable bonds is 4. The quantitative estimate of drug-likeness (QED) is 0.873. The van der Waals surface area contributed by atoms with Gasteiger partial charge in [0.05, 0.1) is 12.0 Å². The molecule has 7 heteroatoms. The number of ether oxygens (including phenoxy) is 1. The Morgan fingerprint density at radius 1 is 1.19 bits per heavy atom. The van der Waals surface area contributed by atoms with Gasteiger partial charge in [-0.05, 0) is 31.2 Å². The van der Waals surface area contributed by atoms with Gasteiger partial charge >= 0.3 is 5.97 Å². The summed E-state index contributed by atoms with van der Waals surface area (Å²) in [7, 11) is -2.60. The van der Waals surface area contributed by atoms with Gasteiger partial charge in [0.25, 0.3) is 10.0 Å². The van der Waals surface area contributed by atoms with E-state index in [-0.39, 0.29) is 16.3 Å². The van der Waals surface area contributed by atoms with Crippen LogP contribution >= 0.6 is 0 Å². The van der Waals surface area contributed by atoms with E-state index in [4.69, 9.17) is 0 Å². The number of esters is 1. The van der Waals surface area contributed by atoms with Crippen molar-refractivity contribution < 1.29 is 17.9 Å². The van der Waals surface area contributed by atoms with Crippen molar-refractivity contribution in [2.24, 2.45) is 0 Å². The van der Waals surface area contributed by atoms with E-state index in [1.807, 2.05) is 6.92 Å². The number of carbonyl (C=O) groups excluding carboxylic acids is 1. The highest BCUT2D eigenvalue weighted by atomic mass is 32.2. The van der Waals surface area contributed by atoms with Gasteiger partial charge in [-0.2, -0.15) is 0 Å². The Labute approximate surface area is 122 Å². The second kappa shape index (κ2) is 5.92. The number of methoxy groups -OCH3 is 1. The normalized spacial score (nSPS) is 11.0. The molecule has 6 nitrogen and oxygen atoms in total. The second-order valence-corrected chi connectivity index (χ2v) is 5.99. The molecule has 0 bridgehead atoms. The fourth-order valence-corrected chi connectivity index (χ4v) is 2.69. The van der Waals surface area contributed by atoms with Crippen molar-refractivity contribution in [3.05, 3.63) is 53.7 Å². The van der Waals surface area contributed by atoms with Crippen molar-refractivity contribution in [3.8, 4) is 0 Å². The molecule has 0 saturated carbocycles. The van der Waals surface area contributed by atoms with Crippen LogP contribution in [0.1, 0.15) is 15.9 Å². The highest BCUT2D eigenvalue weighted by Crippen LogP contribution is 2.18. The highest BCUT2D eigenvalue weighted by Gasteiger charge is 2.19. The molecular weight excluding hydrogens is 292 g/mol. The van der Waals surface area contributed by atoms with Gasteiger partial charge in [0, 0.05) is 6.20 Å². The lowest BCUT2D eigenvalue weighted by Gasteiger charge is -2.10. The van der Waals surface area contributed by atoms with Gasteiger partial charge in [-0.25, -0.2) is 18.2 Å². The van der Waals surface area contributed by atoms with E-state index in [0.29, 0.717) is 0 Å². The summed E-state index contributed by atoms with van der Waals surface area (Å²) in [5.74, 6) is -0.727. The molecule has 1 aromatic carbocycles. The first-order valence-electron chi connectivity index (χ1n) is 6.07. The molecule has 110 valence electrons. The average molecular weight is 306 g/mol. The largest absolute Gasteiger partial charge is 0.465 e. The van der Waals surface area contributed by atoms with Gasteiger partial charge in [0.15, 0.2) is 5.82 Å². The van der Waals surface area contributed by atoms with Crippen molar-refractivity contribution in [2.45, 2.75) is 11.8 Å². The Kier molecular flexibility index (Phi) is 4.23. The summed E-state index contributed by atoms with van der Waals surface area (Å²) in [6.07, 6.45) is 1.39. The van der Waals surface area contributed by atoms with Gasteiger partial charge < -0.3 is 4.74 Å². The summed E-state index contributed by atoms with van der Waals surface area (Å²) >= 11 is 0. The topological polar surface area (TPSA) is 85.4 Å². The number of nitrogens with zero attached hydrogens (tertiary/aromatic N) is 1. The van der Waals surface area contributed by atoms with Crippen LogP contribution in [-0.4, -0.2) is 26.5 Å². The standard InChI is InChI=1S/C14H14N2O4S/c1-10-5-7-11(8-6-10)21(18,19)16-13-12(14(17)20-2)4-3-9-15-13/h3-9H,1-2H3,(H,15,16). The molecule has 0 unspecified atom stereocenters. The molecule has 1 aromatic heterocycles. The molecule has 0 amide bonds. The zero-order valence-corrected chi connectivity index (χ0v) is 12.3. The van der Waals surface area contributed by atoms with Crippen LogP contribution in [0.4, 0.5) is 5.82 Å². The molecule has 0 fully saturated rings. The summed E-state index contributed by atoms with van der Waals surface area (Å²) < 4.78 is 31.4. The molecule has 0 spiro atoms. The van der Waals surface area contributed by atoms with Crippen LogP contribution in [0.5, 0.6) is 0 Å². The second-order valence-electron chi connectivity index (χ2n) is 4.31. The van der Waals surface area contributed by atoms with E-state index in [9.17, 15) is 13.2 Å². The first kappa shape index (κ1) is 15.0. The molecule has 2 rings (SSSR count). The van der Waals surface area contributed by atoms with Gasteiger partial charge in [0.1, 0.15) is 5.56 Å². The molecule has 1 N–H and O–H groups in total. The molecule has 0 atom stereocenters. The van der Waals surface area contributed by atoms with Crippen molar-refractivity contribution in [1.29, 1.82) is 0 Å². The van der Waals surface area contributed by atoms with Gasteiger partial charge in [-0.1, -0.05) is 17.7 Å². The first-order valence-corrected chi connectivity index (χ1v) is 7.55. The summed E-state index contributed by atoms with van der Waals surface area (Å²) in [4.78, 5) is 15.6. The Bertz CT molecular complexity index is 755. The third-order valence-electron chi connectivity index (χ3n) is 2.78. The van der Waals surface area contributed by atoms with Crippen LogP contribution in [0.2, 0.25) is 0 Å². The first-order chi connectivity index (χ1) is 9.94. The van der Waals surface area contributed by atoms with E-state index in [1.54, 1.807) is 12.1 Å².